The summed E-state index contributed by atoms with van der Waals surface area (Å²) in [5.41, 5.74) is -1.18. The van der Waals surface area contributed by atoms with E-state index in [4.69, 9.17) is 15.3 Å². The smallest absolute Gasteiger partial charge is 0.333 e. The Morgan fingerprint density at radius 3 is 1.91 bits per heavy atom. The van der Waals surface area contributed by atoms with Gasteiger partial charge in [-0.15, -0.1) is 0 Å². The number of aliphatic carboxylic acids is 3. The summed E-state index contributed by atoms with van der Waals surface area (Å²) in [6, 6.07) is 8.04. The van der Waals surface area contributed by atoms with E-state index in [0.29, 0.717) is 5.69 Å². The molecule has 1 aromatic carbocycles. The van der Waals surface area contributed by atoms with Crippen LogP contribution in [0.3, 0.4) is 0 Å². The Labute approximate surface area is 130 Å². The summed E-state index contributed by atoms with van der Waals surface area (Å²) in [6.45, 7) is 0. The maximum Gasteiger partial charge on any atom is 0.333 e. The fourth-order valence-corrected chi connectivity index (χ4v) is 2.17. The summed E-state index contributed by atoms with van der Waals surface area (Å²) in [5, 5.41) is 31.5. The summed E-state index contributed by atoms with van der Waals surface area (Å²) >= 11 is 0. The monoisotopic (exact) mass is 318 g/mol. The molecule has 23 heavy (non-hydrogen) atoms. The SMILES string of the molecule is Cn1ccc(-c2ccc(CC(C(=O)O)(C(=O)O)C(=O)O)cc2)n1. The number of aryl methyl sites for hydroxylation is 1. The van der Waals surface area contributed by atoms with Crippen molar-refractivity contribution in [2.45, 2.75) is 6.42 Å². The molecule has 1 aromatic heterocycles. The van der Waals surface area contributed by atoms with E-state index in [2.05, 4.69) is 5.10 Å². The van der Waals surface area contributed by atoms with Crippen molar-refractivity contribution < 1.29 is 29.7 Å². The van der Waals surface area contributed by atoms with Crippen LogP contribution in [0, 0.1) is 5.41 Å². The number of rotatable bonds is 6. The number of hydrogen-bond acceptors (Lipinski definition) is 4. The van der Waals surface area contributed by atoms with E-state index < -0.39 is 29.7 Å². The lowest BCUT2D eigenvalue weighted by molar-refractivity contribution is -0.175. The van der Waals surface area contributed by atoms with Gasteiger partial charge in [-0.3, -0.25) is 19.1 Å². The largest absolute Gasteiger partial charge is 0.480 e. The second-order valence-corrected chi connectivity index (χ2v) is 5.07. The van der Waals surface area contributed by atoms with Crippen LogP contribution in [0.1, 0.15) is 5.56 Å². The summed E-state index contributed by atoms with van der Waals surface area (Å²) < 4.78 is 1.62. The molecule has 0 bridgehead atoms. The van der Waals surface area contributed by atoms with Crippen LogP contribution < -0.4 is 0 Å². The van der Waals surface area contributed by atoms with Crippen molar-refractivity contribution in [3.05, 3.63) is 42.1 Å². The molecule has 8 nitrogen and oxygen atoms in total. The van der Waals surface area contributed by atoms with Crippen molar-refractivity contribution in [2.75, 3.05) is 0 Å². The van der Waals surface area contributed by atoms with Crippen molar-refractivity contribution in [3.63, 3.8) is 0 Å². The zero-order chi connectivity index (χ0) is 17.2. The number of carboxylic acid groups (broad SMARTS) is 3. The molecule has 0 atom stereocenters. The van der Waals surface area contributed by atoms with Gasteiger partial charge in [0.05, 0.1) is 5.69 Å². The molecule has 0 aliphatic rings. The molecule has 0 spiro atoms. The molecule has 2 rings (SSSR count). The highest BCUT2D eigenvalue weighted by Crippen LogP contribution is 2.26. The Morgan fingerprint density at radius 2 is 1.52 bits per heavy atom. The van der Waals surface area contributed by atoms with Gasteiger partial charge >= 0.3 is 17.9 Å². The highest BCUT2D eigenvalue weighted by molar-refractivity contribution is 6.16. The highest BCUT2D eigenvalue weighted by Gasteiger charge is 2.54. The van der Waals surface area contributed by atoms with Crippen molar-refractivity contribution in [3.8, 4) is 11.3 Å². The van der Waals surface area contributed by atoms with Gasteiger partial charge in [-0.25, -0.2) is 0 Å². The van der Waals surface area contributed by atoms with E-state index in [1.807, 2.05) is 0 Å². The van der Waals surface area contributed by atoms with Gasteiger partial charge in [-0.1, -0.05) is 24.3 Å². The molecule has 2 aromatic rings. The Bertz CT molecular complexity index is 726. The number of nitrogens with zero attached hydrogens (tertiary/aromatic N) is 2. The number of aromatic nitrogens is 2. The maximum absolute atomic E-state index is 11.2. The standard InChI is InChI=1S/C15H14N2O6/c1-17-7-6-11(16-17)10-4-2-9(3-5-10)8-15(12(18)19,13(20)21)14(22)23/h2-7H,8H2,1H3,(H,18,19)(H,20,21)(H,22,23). The molecule has 0 amide bonds. The lowest BCUT2D eigenvalue weighted by Crippen LogP contribution is -2.48. The van der Waals surface area contributed by atoms with Crippen molar-refractivity contribution >= 4 is 17.9 Å². The Morgan fingerprint density at radius 1 is 1.00 bits per heavy atom. The number of benzene rings is 1. The normalized spacial score (nSPS) is 11.2. The van der Waals surface area contributed by atoms with Gasteiger partial charge in [-0.05, 0) is 11.6 Å². The average Bonchev–Trinajstić information content (AvgIpc) is 2.90. The molecule has 0 aliphatic heterocycles. The number of carboxylic acids is 3. The molecule has 1 heterocycles. The second kappa shape index (κ2) is 5.91. The van der Waals surface area contributed by atoms with E-state index in [1.54, 1.807) is 36.1 Å². The molecule has 0 fully saturated rings. The van der Waals surface area contributed by atoms with Crippen LogP contribution in [0.15, 0.2) is 36.5 Å². The van der Waals surface area contributed by atoms with Crippen LogP contribution in [0.4, 0.5) is 0 Å². The zero-order valence-corrected chi connectivity index (χ0v) is 12.1. The Kier molecular flexibility index (Phi) is 4.17. The quantitative estimate of drug-likeness (QED) is 0.674. The van der Waals surface area contributed by atoms with Crippen LogP contribution >= 0.6 is 0 Å². The fraction of sp³-hybridized carbons (Fsp3) is 0.200. The first-order chi connectivity index (χ1) is 10.8. The Hall–Kier alpha value is -3.16. The van der Waals surface area contributed by atoms with Gasteiger partial charge in [0.1, 0.15) is 0 Å². The van der Waals surface area contributed by atoms with Gasteiger partial charge in [0.2, 0.25) is 0 Å². The van der Waals surface area contributed by atoms with Crippen molar-refractivity contribution in [1.82, 2.24) is 9.78 Å². The van der Waals surface area contributed by atoms with Crippen molar-refractivity contribution in [1.29, 1.82) is 0 Å². The zero-order valence-electron chi connectivity index (χ0n) is 12.1. The van der Waals surface area contributed by atoms with E-state index in [9.17, 15) is 14.4 Å². The molecule has 0 saturated carbocycles. The summed E-state index contributed by atoms with van der Waals surface area (Å²) in [5.74, 6) is -5.73. The summed E-state index contributed by atoms with van der Waals surface area (Å²) in [4.78, 5) is 33.7. The minimum absolute atomic E-state index is 0.289. The molecule has 0 saturated heterocycles. The van der Waals surface area contributed by atoms with Crippen LogP contribution in [0.5, 0.6) is 0 Å². The van der Waals surface area contributed by atoms with E-state index in [1.165, 1.54) is 12.1 Å². The lowest BCUT2D eigenvalue weighted by Gasteiger charge is -2.20. The van der Waals surface area contributed by atoms with Crippen LogP contribution in [-0.4, -0.2) is 43.0 Å². The molecule has 0 radical (unpaired) electrons. The third-order valence-corrected chi connectivity index (χ3v) is 3.53. The van der Waals surface area contributed by atoms with Crippen molar-refractivity contribution in [2.24, 2.45) is 12.5 Å². The van der Waals surface area contributed by atoms with E-state index >= 15 is 0 Å². The maximum atomic E-state index is 11.2. The molecule has 120 valence electrons. The number of carbonyl (C=O) groups is 3. The Balaban J connectivity index is 2.33. The van der Waals surface area contributed by atoms with E-state index in [0.717, 1.165) is 5.56 Å². The lowest BCUT2D eigenvalue weighted by atomic mass is 9.81. The highest BCUT2D eigenvalue weighted by atomic mass is 16.4. The molecule has 8 heteroatoms. The van der Waals surface area contributed by atoms with Gasteiger partial charge < -0.3 is 15.3 Å². The van der Waals surface area contributed by atoms with Crippen LogP contribution in [0.25, 0.3) is 11.3 Å². The molecule has 0 aliphatic carbocycles. The van der Waals surface area contributed by atoms with Gasteiger partial charge in [0.25, 0.3) is 5.41 Å². The van der Waals surface area contributed by atoms with Gasteiger partial charge in [-0.2, -0.15) is 5.10 Å². The van der Waals surface area contributed by atoms with Gasteiger partial charge in [0.15, 0.2) is 0 Å². The minimum atomic E-state index is -2.91. The van der Waals surface area contributed by atoms with E-state index in [-0.39, 0.29) is 5.56 Å². The number of hydrogen-bond donors (Lipinski definition) is 3. The topological polar surface area (TPSA) is 130 Å². The first-order valence-corrected chi connectivity index (χ1v) is 6.56. The minimum Gasteiger partial charge on any atom is -0.480 e. The summed E-state index contributed by atoms with van der Waals surface area (Å²) in [7, 11) is 1.76. The molecule has 3 N–H and O–H groups in total. The first kappa shape index (κ1) is 16.2. The fourth-order valence-electron chi connectivity index (χ4n) is 2.17. The predicted octanol–water partition coefficient (Wildman–Crippen LogP) is 0.870. The van der Waals surface area contributed by atoms with Crippen LogP contribution in [-0.2, 0) is 27.9 Å². The molecular formula is C15H14N2O6. The third-order valence-electron chi connectivity index (χ3n) is 3.53. The molecular weight excluding hydrogens is 304 g/mol. The third kappa shape index (κ3) is 2.91. The van der Waals surface area contributed by atoms with Gasteiger partial charge in [0, 0.05) is 25.2 Å². The average molecular weight is 318 g/mol. The first-order valence-electron chi connectivity index (χ1n) is 6.56. The molecule has 0 unspecified atom stereocenters. The summed E-state index contributed by atoms with van der Waals surface area (Å²) in [6.07, 6.45) is 1.10. The van der Waals surface area contributed by atoms with Crippen LogP contribution in [0.2, 0.25) is 0 Å². The predicted molar refractivity (Wildman–Crippen MR) is 77.7 cm³/mol. The second-order valence-electron chi connectivity index (χ2n) is 5.07.